The summed E-state index contributed by atoms with van der Waals surface area (Å²) < 4.78 is 69.9. The van der Waals surface area contributed by atoms with E-state index in [9.17, 15) is 46.3 Å². The van der Waals surface area contributed by atoms with Crippen molar-refractivity contribution in [3.63, 3.8) is 0 Å². The van der Waals surface area contributed by atoms with Crippen LogP contribution in [0.25, 0.3) is 5.65 Å². The maximum atomic E-state index is 14.3. The second-order valence-electron chi connectivity index (χ2n) is 17.9. The Hall–Kier alpha value is -6.11. The Morgan fingerprint density at radius 3 is 2.54 bits per heavy atom. The van der Waals surface area contributed by atoms with Gasteiger partial charge in [-0.1, -0.05) is 6.07 Å². The van der Waals surface area contributed by atoms with E-state index in [0.717, 1.165) is 20.5 Å². The molecule has 1 saturated carbocycles. The topological polar surface area (TPSA) is 243 Å². The summed E-state index contributed by atoms with van der Waals surface area (Å²) in [5, 5.41) is 24.8. The van der Waals surface area contributed by atoms with E-state index < -0.39 is 64.0 Å². The largest absolute Gasteiger partial charge is 0.384 e. The highest BCUT2D eigenvalue weighted by Gasteiger charge is 2.47. The van der Waals surface area contributed by atoms with Crippen LogP contribution in [-0.4, -0.2) is 159 Å². The number of ether oxygens (including phenoxy) is 2. The molecule has 364 valence electrons. The molecule has 68 heavy (non-hydrogen) atoms. The molecular weight excluding hydrogens is 913 g/mol. The van der Waals surface area contributed by atoms with Gasteiger partial charge in [-0.3, -0.25) is 33.6 Å². The molecule has 24 heteroatoms. The highest BCUT2D eigenvalue weighted by molar-refractivity contribution is 7.89. The zero-order valence-electron chi connectivity index (χ0n) is 37.5. The second-order valence-corrected chi connectivity index (χ2v) is 20.0. The summed E-state index contributed by atoms with van der Waals surface area (Å²) in [6.07, 6.45) is 3.29. The average molecular weight is 966 g/mol. The highest BCUT2D eigenvalue weighted by Crippen LogP contribution is 2.38. The normalized spacial score (nSPS) is 23.9. The van der Waals surface area contributed by atoms with E-state index in [0.29, 0.717) is 63.3 Å². The van der Waals surface area contributed by atoms with Crippen LogP contribution >= 0.6 is 0 Å². The number of hydrogen-bond acceptors (Lipinski definition) is 15. The standard InChI is InChI=1S/C44H53F2N11O10S/c1-52-35(58)13-12-33(43(52)62)57-42(61)29-6-3-7-31(36(29)44(57)63)47-15-4-17-66-18-5-19-68(64,65)53(2)41(60)25-8-10-26(11-9-25)56-23-32(37(51-56)38(45)46)49-40(59)30-21-48-55-16-14-34(50-39(30)55)54-22-28-20-27(54)24-67-28/h3,6-7,14,16,21,23,25-28,33,38,43,47,62H,4-5,8-13,15,17-20,22,24H2,1-2H3,(H,49,59)/t25?,26?,27-,28-,33?,43?/m1/s1. The lowest BCUT2D eigenvalue weighted by atomic mass is 9.85. The van der Waals surface area contributed by atoms with Crippen LogP contribution < -0.4 is 15.5 Å². The molecule has 9 rings (SSSR count). The van der Waals surface area contributed by atoms with Crippen LogP contribution in [0.5, 0.6) is 0 Å². The summed E-state index contributed by atoms with van der Waals surface area (Å²) in [6, 6.07) is 5.62. The Bertz CT molecular complexity index is 2730. The monoisotopic (exact) mass is 965 g/mol. The number of likely N-dealkylation sites (N-methyl/N-ethyl adjacent to an activating group) is 1. The van der Waals surface area contributed by atoms with Crippen LogP contribution in [0.3, 0.4) is 0 Å². The Balaban J connectivity index is 0.710. The van der Waals surface area contributed by atoms with E-state index in [1.54, 1.807) is 24.4 Å². The van der Waals surface area contributed by atoms with Crippen molar-refractivity contribution in [3.05, 3.63) is 65.2 Å². The van der Waals surface area contributed by atoms with Crippen LogP contribution in [0.15, 0.2) is 42.9 Å². The summed E-state index contributed by atoms with van der Waals surface area (Å²) in [5.41, 5.74) is 0.437. The third kappa shape index (κ3) is 9.00. The predicted octanol–water partition coefficient (Wildman–Crippen LogP) is 3.06. The number of piperidine rings is 1. The van der Waals surface area contributed by atoms with Crippen LogP contribution in [0.1, 0.15) is 107 Å². The first-order valence-corrected chi connectivity index (χ1v) is 24.4. The molecule has 4 atom stereocenters. The molecule has 4 aromatic rings. The van der Waals surface area contributed by atoms with Crippen molar-refractivity contribution in [2.24, 2.45) is 5.92 Å². The first-order valence-electron chi connectivity index (χ1n) is 22.8. The van der Waals surface area contributed by atoms with Gasteiger partial charge in [0.2, 0.25) is 21.8 Å². The molecule has 2 bridgehead atoms. The number of hydrogen-bond donors (Lipinski definition) is 3. The van der Waals surface area contributed by atoms with Gasteiger partial charge in [0.05, 0.1) is 59.6 Å². The number of morpholine rings is 1. The summed E-state index contributed by atoms with van der Waals surface area (Å²) in [4.78, 5) is 74.6. The fourth-order valence-corrected chi connectivity index (χ4v) is 11.1. The molecule has 3 aromatic heterocycles. The molecule has 21 nitrogen and oxygen atoms in total. The molecule has 1 aliphatic carbocycles. The van der Waals surface area contributed by atoms with E-state index in [4.69, 9.17) is 9.47 Å². The molecule has 0 spiro atoms. The number of aliphatic hydroxyl groups is 1. The third-order valence-electron chi connectivity index (χ3n) is 13.7. The molecule has 3 N–H and O–H groups in total. The van der Waals surface area contributed by atoms with Gasteiger partial charge in [0.15, 0.2) is 11.3 Å². The first-order chi connectivity index (χ1) is 32.6. The molecule has 4 fully saturated rings. The molecule has 1 aromatic carbocycles. The van der Waals surface area contributed by atoms with Gasteiger partial charge in [0.25, 0.3) is 24.1 Å². The lowest BCUT2D eigenvalue weighted by Gasteiger charge is -2.39. The summed E-state index contributed by atoms with van der Waals surface area (Å²) >= 11 is 0. The number of imide groups is 1. The van der Waals surface area contributed by atoms with E-state index in [-0.39, 0.29) is 90.3 Å². The van der Waals surface area contributed by atoms with Crippen molar-refractivity contribution in [1.29, 1.82) is 0 Å². The van der Waals surface area contributed by atoms with Gasteiger partial charge in [0, 0.05) is 70.8 Å². The van der Waals surface area contributed by atoms with Gasteiger partial charge in [0.1, 0.15) is 17.6 Å². The minimum absolute atomic E-state index is 0.0980. The van der Waals surface area contributed by atoms with E-state index in [2.05, 4.69) is 30.7 Å². The van der Waals surface area contributed by atoms with E-state index >= 15 is 0 Å². The maximum Gasteiger partial charge on any atom is 0.284 e. The van der Waals surface area contributed by atoms with Gasteiger partial charge in [-0.25, -0.2) is 31.0 Å². The van der Waals surface area contributed by atoms with Crippen LogP contribution in [0.2, 0.25) is 0 Å². The van der Waals surface area contributed by atoms with Gasteiger partial charge < -0.3 is 35.0 Å². The van der Waals surface area contributed by atoms with Crippen molar-refractivity contribution in [2.45, 2.75) is 94.7 Å². The predicted molar refractivity (Wildman–Crippen MR) is 238 cm³/mol. The number of halogens is 2. The number of fused-ring (bicyclic) bond motifs is 4. The number of nitrogens with zero attached hydrogens (tertiary/aromatic N) is 9. The molecule has 3 saturated heterocycles. The number of likely N-dealkylation sites (tertiary alicyclic amines) is 1. The molecule has 0 radical (unpaired) electrons. The third-order valence-corrected chi connectivity index (χ3v) is 15.5. The van der Waals surface area contributed by atoms with Crippen LogP contribution in [0.4, 0.5) is 26.0 Å². The number of alkyl halides is 2. The van der Waals surface area contributed by atoms with Gasteiger partial charge in [-0.15, -0.1) is 0 Å². The zero-order chi connectivity index (χ0) is 48.0. The number of benzene rings is 1. The van der Waals surface area contributed by atoms with Crippen molar-refractivity contribution < 1.29 is 55.8 Å². The molecule has 7 heterocycles. The van der Waals surface area contributed by atoms with Crippen LogP contribution in [0, 0.1) is 5.92 Å². The number of carbonyl (C=O) groups is 5. The summed E-state index contributed by atoms with van der Waals surface area (Å²) in [5.74, 6) is -2.87. The average Bonchev–Trinajstić information content (AvgIpc) is 4.19. The number of rotatable bonds is 17. The number of aromatic nitrogens is 5. The van der Waals surface area contributed by atoms with Gasteiger partial charge in [-0.2, -0.15) is 10.2 Å². The Morgan fingerprint density at radius 2 is 1.81 bits per heavy atom. The summed E-state index contributed by atoms with van der Waals surface area (Å²) in [7, 11) is -1.32. The first kappa shape index (κ1) is 47.0. The van der Waals surface area contributed by atoms with Gasteiger partial charge >= 0.3 is 0 Å². The Morgan fingerprint density at radius 1 is 1.03 bits per heavy atom. The molecular formula is C44H53F2N11O10S. The smallest absolute Gasteiger partial charge is 0.284 e. The van der Waals surface area contributed by atoms with E-state index in [1.807, 2.05) is 6.07 Å². The number of anilines is 3. The number of carbonyl (C=O) groups excluding carboxylic acids is 5. The number of sulfonamides is 1. The fraction of sp³-hybridized carbons (Fsp3) is 0.545. The SMILES string of the molecule is CN1C(=O)CCC(N2C(=O)c3cccc(NCCCOCCCS(=O)(=O)N(C)C(=O)C4CCC(n5cc(NC(=O)c6cnn7ccc(N8C[C@H]9C[C@@H]8CO9)nc67)c(C(F)F)n5)CC4)c3C2=O)C1O. The van der Waals surface area contributed by atoms with Crippen LogP contribution in [-0.2, 0) is 29.1 Å². The molecule has 4 aliphatic heterocycles. The van der Waals surface area contributed by atoms with Crippen molar-refractivity contribution in [3.8, 4) is 0 Å². The Labute approximate surface area is 389 Å². The number of aliphatic hydroxyl groups excluding tert-OH is 1. The second kappa shape index (κ2) is 19.1. The maximum absolute atomic E-state index is 14.3. The number of nitrogens with one attached hydrogen (secondary N) is 2. The lowest BCUT2D eigenvalue weighted by Crippen LogP contribution is -2.57. The van der Waals surface area contributed by atoms with E-state index in [1.165, 1.54) is 35.7 Å². The minimum atomic E-state index is -3.98. The quantitative estimate of drug-likeness (QED) is 0.102. The molecule has 5 aliphatic rings. The molecule has 5 amide bonds. The van der Waals surface area contributed by atoms with Crippen molar-refractivity contribution in [1.82, 2.24) is 38.5 Å². The number of amides is 5. The highest BCUT2D eigenvalue weighted by atomic mass is 32.2. The minimum Gasteiger partial charge on any atom is -0.384 e. The fourth-order valence-electron chi connectivity index (χ4n) is 9.88. The lowest BCUT2D eigenvalue weighted by molar-refractivity contribution is -0.149. The summed E-state index contributed by atoms with van der Waals surface area (Å²) in [6.45, 7) is 2.01. The Kier molecular flexibility index (Phi) is 13.2. The molecule has 2 unspecified atom stereocenters. The van der Waals surface area contributed by atoms with Crippen molar-refractivity contribution in [2.75, 3.05) is 68.3 Å². The van der Waals surface area contributed by atoms with Crippen molar-refractivity contribution >= 4 is 62.4 Å². The zero-order valence-corrected chi connectivity index (χ0v) is 38.3. The van der Waals surface area contributed by atoms with Gasteiger partial charge in [-0.05, 0) is 69.6 Å².